The molecule has 0 amide bonds. The molecule has 0 saturated carbocycles. The second-order valence-corrected chi connectivity index (χ2v) is 4.82. The number of imidazole rings is 1. The van der Waals surface area contributed by atoms with E-state index in [0.29, 0.717) is 12.8 Å². The third-order valence-electron chi connectivity index (χ3n) is 3.35. The maximum Gasteiger partial charge on any atom is 0.129 e. The number of aryl methyl sites for hydroxylation is 1. The first-order valence-corrected chi connectivity index (χ1v) is 6.74. The zero-order valence-corrected chi connectivity index (χ0v) is 11.7. The molecule has 1 unspecified atom stereocenters. The average Bonchev–Trinajstić information content (AvgIpc) is 2.80. The number of hydrogen-bond acceptors (Lipinski definition) is 2. The van der Waals surface area contributed by atoms with Crippen LogP contribution in [0.4, 0.5) is 8.78 Å². The molecule has 3 nitrogen and oxygen atoms in total. The van der Waals surface area contributed by atoms with Gasteiger partial charge in [-0.05, 0) is 25.1 Å². The number of hydrogen-bond donors (Lipinski definition) is 1. The van der Waals surface area contributed by atoms with E-state index in [9.17, 15) is 8.78 Å². The lowest BCUT2D eigenvalue weighted by molar-refractivity contribution is 0.474. The molecule has 1 heterocycles. The first-order valence-electron chi connectivity index (χ1n) is 6.74. The number of likely N-dealkylation sites (N-methyl/N-ethyl adjacent to an activating group) is 1. The van der Waals surface area contributed by atoms with Gasteiger partial charge in [-0.15, -0.1) is 0 Å². The van der Waals surface area contributed by atoms with Gasteiger partial charge in [0.25, 0.3) is 0 Å². The molecule has 0 fully saturated rings. The van der Waals surface area contributed by atoms with Crippen molar-refractivity contribution in [1.82, 2.24) is 14.9 Å². The fourth-order valence-corrected chi connectivity index (χ4v) is 2.29. The first-order chi connectivity index (χ1) is 9.61. The minimum absolute atomic E-state index is 0.0486. The summed E-state index contributed by atoms with van der Waals surface area (Å²) in [6.45, 7) is 2.72. The largest absolute Gasteiger partial charge is 0.338 e. The van der Waals surface area contributed by atoms with Crippen LogP contribution < -0.4 is 5.32 Å². The Hall–Kier alpha value is -1.75. The molecule has 5 heteroatoms. The van der Waals surface area contributed by atoms with Crippen molar-refractivity contribution in [3.05, 3.63) is 53.6 Å². The second-order valence-electron chi connectivity index (χ2n) is 4.82. The van der Waals surface area contributed by atoms with Crippen LogP contribution in [0.2, 0.25) is 0 Å². The molecule has 1 aromatic heterocycles. The quantitative estimate of drug-likeness (QED) is 0.880. The highest BCUT2D eigenvalue weighted by Gasteiger charge is 2.17. The Kier molecular flexibility index (Phi) is 4.84. The Morgan fingerprint density at radius 2 is 1.95 bits per heavy atom. The molecule has 0 aliphatic heterocycles. The summed E-state index contributed by atoms with van der Waals surface area (Å²) in [5.41, 5.74) is 0.132. The van der Waals surface area contributed by atoms with Gasteiger partial charge in [0.2, 0.25) is 0 Å². The number of aromatic nitrogens is 2. The lowest BCUT2D eigenvalue weighted by Crippen LogP contribution is -2.34. The van der Waals surface area contributed by atoms with Crippen molar-refractivity contribution in [3.8, 4) is 0 Å². The Bertz CT molecular complexity index is 546. The van der Waals surface area contributed by atoms with E-state index in [4.69, 9.17) is 0 Å². The van der Waals surface area contributed by atoms with E-state index < -0.39 is 11.6 Å². The normalized spacial score (nSPS) is 12.6. The van der Waals surface area contributed by atoms with E-state index >= 15 is 0 Å². The molecule has 0 aliphatic carbocycles. The molecule has 1 atom stereocenters. The van der Waals surface area contributed by atoms with E-state index in [2.05, 4.69) is 10.3 Å². The predicted octanol–water partition coefficient (Wildman–Crippen LogP) is 2.46. The highest BCUT2D eigenvalue weighted by atomic mass is 19.1. The molecule has 108 valence electrons. The lowest BCUT2D eigenvalue weighted by Gasteiger charge is -2.18. The summed E-state index contributed by atoms with van der Waals surface area (Å²) in [6.07, 6.45) is 4.52. The Morgan fingerprint density at radius 3 is 2.50 bits per heavy atom. The molecule has 0 spiro atoms. The predicted molar refractivity (Wildman–Crippen MR) is 74.4 cm³/mol. The van der Waals surface area contributed by atoms with Gasteiger partial charge in [0.15, 0.2) is 0 Å². The third kappa shape index (κ3) is 3.42. The average molecular weight is 279 g/mol. The zero-order chi connectivity index (χ0) is 14.5. The first kappa shape index (κ1) is 14.7. The van der Waals surface area contributed by atoms with Gasteiger partial charge in [-0.3, -0.25) is 0 Å². The summed E-state index contributed by atoms with van der Waals surface area (Å²) < 4.78 is 29.4. The second kappa shape index (κ2) is 6.61. The van der Waals surface area contributed by atoms with Gasteiger partial charge in [-0.25, -0.2) is 13.8 Å². The molecule has 2 aromatic rings. The van der Waals surface area contributed by atoms with E-state index in [1.807, 2.05) is 24.7 Å². The molecule has 0 radical (unpaired) electrons. The van der Waals surface area contributed by atoms with E-state index in [0.717, 1.165) is 12.4 Å². The van der Waals surface area contributed by atoms with Crippen molar-refractivity contribution in [2.24, 2.45) is 7.05 Å². The van der Waals surface area contributed by atoms with E-state index in [1.54, 1.807) is 6.20 Å². The number of halogens is 2. The van der Waals surface area contributed by atoms with Crippen molar-refractivity contribution < 1.29 is 8.78 Å². The van der Waals surface area contributed by atoms with Gasteiger partial charge in [-0.2, -0.15) is 0 Å². The van der Waals surface area contributed by atoms with Crippen LogP contribution in [-0.2, 0) is 19.9 Å². The molecule has 0 saturated heterocycles. The van der Waals surface area contributed by atoms with Crippen LogP contribution in [0.25, 0.3) is 0 Å². The number of benzene rings is 1. The van der Waals surface area contributed by atoms with Crippen LogP contribution in [0.5, 0.6) is 0 Å². The minimum atomic E-state index is -0.493. The third-order valence-corrected chi connectivity index (χ3v) is 3.35. The van der Waals surface area contributed by atoms with Crippen molar-refractivity contribution >= 4 is 0 Å². The molecular formula is C15H19F2N3. The van der Waals surface area contributed by atoms with Gasteiger partial charge < -0.3 is 9.88 Å². The van der Waals surface area contributed by atoms with Crippen LogP contribution in [-0.4, -0.2) is 22.1 Å². The van der Waals surface area contributed by atoms with Gasteiger partial charge >= 0.3 is 0 Å². The topological polar surface area (TPSA) is 29.9 Å². The van der Waals surface area contributed by atoms with Gasteiger partial charge in [0.1, 0.15) is 17.5 Å². The van der Waals surface area contributed by atoms with Crippen molar-refractivity contribution in [3.63, 3.8) is 0 Å². The molecule has 1 N–H and O–H groups in total. The van der Waals surface area contributed by atoms with Crippen molar-refractivity contribution in [2.45, 2.75) is 25.8 Å². The molecule has 1 aromatic carbocycles. The van der Waals surface area contributed by atoms with Crippen LogP contribution in [0, 0.1) is 11.6 Å². The Balaban J connectivity index is 2.15. The lowest BCUT2D eigenvalue weighted by atomic mass is 10.0. The molecule has 0 bridgehead atoms. The van der Waals surface area contributed by atoms with Gasteiger partial charge in [0, 0.05) is 37.5 Å². The molecule has 20 heavy (non-hydrogen) atoms. The number of nitrogens with one attached hydrogen (secondary N) is 1. The fourth-order valence-electron chi connectivity index (χ4n) is 2.29. The van der Waals surface area contributed by atoms with Gasteiger partial charge in [-0.1, -0.05) is 13.0 Å². The SMILES string of the molecule is CCNC(Cc1c(F)cccc1F)Cc1nccn1C. The van der Waals surface area contributed by atoms with Crippen LogP contribution in [0.3, 0.4) is 0 Å². The van der Waals surface area contributed by atoms with E-state index in [-0.39, 0.29) is 11.6 Å². The van der Waals surface area contributed by atoms with Crippen LogP contribution in [0.15, 0.2) is 30.6 Å². The number of nitrogens with zero attached hydrogens (tertiary/aromatic N) is 2. The maximum atomic E-state index is 13.7. The Labute approximate surface area is 117 Å². The standard InChI is InChI=1S/C15H19F2N3/c1-3-18-11(10-15-19-7-8-20(15)2)9-12-13(16)5-4-6-14(12)17/h4-8,11,18H,3,9-10H2,1-2H3. The smallest absolute Gasteiger partial charge is 0.129 e. The van der Waals surface area contributed by atoms with Crippen LogP contribution >= 0.6 is 0 Å². The fraction of sp³-hybridized carbons (Fsp3) is 0.400. The Morgan fingerprint density at radius 1 is 1.25 bits per heavy atom. The van der Waals surface area contributed by atoms with Crippen molar-refractivity contribution in [2.75, 3.05) is 6.54 Å². The van der Waals surface area contributed by atoms with Gasteiger partial charge in [0.05, 0.1) is 0 Å². The maximum absolute atomic E-state index is 13.7. The molecular weight excluding hydrogens is 260 g/mol. The highest BCUT2D eigenvalue weighted by molar-refractivity contribution is 5.21. The summed E-state index contributed by atoms with van der Waals surface area (Å²) in [6, 6.07) is 3.92. The summed E-state index contributed by atoms with van der Waals surface area (Å²) in [7, 11) is 1.91. The highest BCUT2D eigenvalue weighted by Crippen LogP contribution is 2.15. The summed E-state index contributed by atoms with van der Waals surface area (Å²) in [5, 5.41) is 3.26. The zero-order valence-electron chi connectivity index (χ0n) is 11.7. The number of rotatable bonds is 6. The monoisotopic (exact) mass is 279 g/mol. The minimum Gasteiger partial charge on any atom is -0.338 e. The molecule has 2 rings (SSSR count). The molecule has 0 aliphatic rings. The van der Waals surface area contributed by atoms with Crippen LogP contribution in [0.1, 0.15) is 18.3 Å². The summed E-state index contributed by atoms with van der Waals surface area (Å²) >= 11 is 0. The van der Waals surface area contributed by atoms with Crippen molar-refractivity contribution in [1.29, 1.82) is 0 Å². The summed E-state index contributed by atoms with van der Waals surface area (Å²) in [5.74, 6) is -0.0896. The van der Waals surface area contributed by atoms with E-state index in [1.165, 1.54) is 18.2 Å². The summed E-state index contributed by atoms with van der Waals surface area (Å²) in [4.78, 5) is 4.26.